The average Bonchev–Trinajstić information content (AvgIpc) is 3.12. The van der Waals surface area contributed by atoms with Crippen LogP contribution < -0.4 is 5.32 Å². The predicted octanol–water partition coefficient (Wildman–Crippen LogP) is 3.50. The van der Waals surface area contributed by atoms with E-state index in [1.165, 1.54) is 12.1 Å². The first kappa shape index (κ1) is 19.8. The minimum atomic E-state index is -4.81. The number of nitrogens with zero attached hydrogens (tertiary/aromatic N) is 3. The van der Waals surface area contributed by atoms with Crippen molar-refractivity contribution in [1.29, 1.82) is 0 Å². The topological polar surface area (TPSA) is 71.3 Å². The highest BCUT2D eigenvalue weighted by Crippen LogP contribution is 2.48. The van der Waals surface area contributed by atoms with E-state index < -0.39 is 29.6 Å². The number of rotatable bonds is 3. The molecular formula is C19H20F4N4O2. The molecule has 1 aromatic carbocycles. The summed E-state index contributed by atoms with van der Waals surface area (Å²) in [6, 6.07) is 3.54. The van der Waals surface area contributed by atoms with E-state index in [0.717, 1.165) is 44.8 Å². The summed E-state index contributed by atoms with van der Waals surface area (Å²) in [5.74, 6) is -3.38. The van der Waals surface area contributed by atoms with Crippen LogP contribution in [-0.2, 0) is 6.18 Å². The number of nitrogens with one attached hydrogen (secondary N) is 1. The third-order valence-corrected chi connectivity index (χ3v) is 5.88. The summed E-state index contributed by atoms with van der Waals surface area (Å²) in [6.07, 6.45) is -0.754. The molecule has 1 saturated carbocycles. The standard InChI is InChI=1S/C19H20F4N4O2/c1-27-6-4-18(5-7-27)9-12(10-18)24-16(28)11-2-3-13(14(20)8-11)15-25-17(29-26-15)19(21,22)23/h2-3,8,12H,4-7,9-10H2,1H3,(H,24,28). The van der Waals surface area contributed by atoms with Crippen molar-refractivity contribution in [2.24, 2.45) is 5.41 Å². The van der Waals surface area contributed by atoms with Gasteiger partial charge in [0.15, 0.2) is 0 Å². The van der Waals surface area contributed by atoms with Gasteiger partial charge in [-0.05, 0) is 69.4 Å². The van der Waals surface area contributed by atoms with Crippen molar-refractivity contribution in [3.05, 3.63) is 35.5 Å². The van der Waals surface area contributed by atoms with Gasteiger partial charge in [0, 0.05) is 11.6 Å². The van der Waals surface area contributed by atoms with E-state index in [0.29, 0.717) is 5.41 Å². The molecule has 10 heteroatoms. The van der Waals surface area contributed by atoms with Crippen LogP contribution in [0.25, 0.3) is 11.4 Å². The van der Waals surface area contributed by atoms with Crippen LogP contribution in [0.4, 0.5) is 17.6 Å². The SMILES string of the molecule is CN1CCC2(CC1)CC(NC(=O)c1ccc(-c3noc(C(F)(F)F)n3)c(F)c1)C2. The second-order valence-corrected chi connectivity index (χ2v) is 8.00. The van der Waals surface area contributed by atoms with Gasteiger partial charge in [-0.2, -0.15) is 18.2 Å². The number of piperidine rings is 1. The summed E-state index contributed by atoms with van der Waals surface area (Å²) >= 11 is 0. The Morgan fingerprint density at radius 2 is 1.97 bits per heavy atom. The van der Waals surface area contributed by atoms with Crippen molar-refractivity contribution in [3.63, 3.8) is 0 Å². The molecule has 1 aromatic heterocycles. The number of amides is 1. The van der Waals surface area contributed by atoms with Crippen LogP contribution in [0.2, 0.25) is 0 Å². The molecule has 0 atom stereocenters. The summed E-state index contributed by atoms with van der Waals surface area (Å²) < 4.78 is 56.1. The van der Waals surface area contributed by atoms with E-state index in [4.69, 9.17) is 0 Å². The molecule has 0 bridgehead atoms. The second kappa shape index (κ2) is 7.08. The van der Waals surface area contributed by atoms with Crippen molar-refractivity contribution in [2.75, 3.05) is 20.1 Å². The Bertz CT molecular complexity index is 911. The van der Waals surface area contributed by atoms with E-state index >= 15 is 0 Å². The van der Waals surface area contributed by atoms with Crippen molar-refractivity contribution in [1.82, 2.24) is 20.4 Å². The highest BCUT2D eigenvalue weighted by atomic mass is 19.4. The molecule has 1 amide bonds. The van der Waals surface area contributed by atoms with Crippen molar-refractivity contribution < 1.29 is 26.9 Å². The molecule has 1 aliphatic heterocycles. The van der Waals surface area contributed by atoms with Crippen LogP contribution in [0.15, 0.2) is 22.7 Å². The van der Waals surface area contributed by atoms with Gasteiger partial charge in [-0.1, -0.05) is 5.16 Å². The molecule has 2 aromatic rings. The molecule has 1 saturated heterocycles. The zero-order chi connectivity index (χ0) is 20.8. The molecule has 1 N–H and O–H groups in total. The van der Waals surface area contributed by atoms with Crippen LogP contribution in [-0.4, -0.2) is 47.1 Å². The van der Waals surface area contributed by atoms with Gasteiger partial charge in [0.2, 0.25) is 5.82 Å². The number of benzene rings is 1. The highest BCUT2D eigenvalue weighted by molar-refractivity contribution is 5.95. The summed E-state index contributed by atoms with van der Waals surface area (Å²) in [4.78, 5) is 17.9. The van der Waals surface area contributed by atoms with Crippen LogP contribution in [0.1, 0.15) is 41.9 Å². The first-order valence-corrected chi connectivity index (χ1v) is 9.35. The smallest absolute Gasteiger partial charge is 0.349 e. The Morgan fingerprint density at radius 1 is 1.28 bits per heavy atom. The highest BCUT2D eigenvalue weighted by Gasteiger charge is 2.45. The normalized spacial score (nSPS) is 19.9. The Hall–Kier alpha value is -2.49. The molecule has 4 rings (SSSR count). The van der Waals surface area contributed by atoms with Crippen LogP contribution in [0, 0.1) is 11.2 Å². The number of alkyl halides is 3. The first-order valence-electron chi connectivity index (χ1n) is 9.35. The zero-order valence-electron chi connectivity index (χ0n) is 15.7. The van der Waals surface area contributed by atoms with E-state index in [2.05, 4.69) is 31.9 Å². The lowest BCUT2D eigenvalue weighted by Gasteiger charge is -2.52. The van der Waals surface area contributed by atoms with Crippen molar-refractivity contribution >= 4 is 5.91 Å². The number of hydrogen-bond acceptors (Lipinski definition) is 5. The molecule has 29 heavy (non-hydrogen) atoms. The summed E-state index contributed by atoms with van der Waals surface area (Å²) in [5, 5.41) is 6.07. The lowest BCUT2D eigenvalue weighted by Crippen LogP contribution is -2.54. The fraction of sp³-hybridized carbons (Fsp3) is 0.526. The van der Waals surface area contributed by atoms with Gasteiger partial charge in [-0.3, -0.25) is 4.79 Å². The maximum absolute atomic E-state index is 14.4. The van der Waals surface area contributed by atoms with Gasteiger partial charge in [0.05, 0.1) is 5.56 Å². The summed E-state index contributed by atoms with van der Waals surface area (Å²) in [6.45, 7) is 2.11. The Kier molecular flexibility index (Phi) is 4.84. The number of aromatic nitrogens is 2. The van der Waals surface area contributed by atoms with Gasteiger partial charge in [-0.15, -0.1) is 0 Å². The molecule has 2 aliphatic rings. The lowest BCUT2D eigenvalue weighted by atomic mass is 9.60. The van der Waals surface area contributed by atoms with E-state index in [1.54, 1.807) is 0 Å². The molecule has 156 valence electrons. The zero-order valence-corrected chi connectivity index (χ0v) is 15.7. The van der Waals surface area contributed by atoms with E-state index in [9.17, 15) is 22.4 Å². The second-order valence-electron chi connectivity index (χ2n) is 8.00. The monoisotopic (exact) mass is 412 g/mol. The van der Waals surface area contributed by atoms with Crippen LogP contribution in [0.3, 0.4) is 0 Å². The molecule has 0 radical (unpaired) electrons. The van der Waals surface area contributed by atoms with Gasteiger partial charge in [0.25, 0.3) is 5.91 Å². The number of hydrogen-bond donors (Lipinski definition) is 1. The van der Waals surface area contributed by atoms with Crippen molar-refractivity contribution in [2.45, 2.75) is 37.9 Å². The largest absolute Gasteiger partial charge is 0.471 e. The number of halogens is 4. The summed E-state index contributed by atoms with van der Waals surface area (Å²) in [5.41, 5.74) is 0.124. The molecule has 1 aliphatic carbocycles. The Labute approximate surface area is 164 Å². The average molecular weight is 412 g/mol. The van der Waals surface area contributed by atoms with Gasteiger partial charge in [0.1, 0.15) is 5.82 Å². The lowest BCUT2D eigenvalue weighted by molar-refractivity contribution is -0.159. The molecular weight excluding hydrogens is 392 g/mol. The maximum Gasteiger partial charge on any atom is 0.471 e. The fourth-order valence-corrected chi connectivity index (χ4v) is 4.14. The first-order chi connectivity index (χ1) is 13.7. The Morgan fingerprint density at radius 3 is 2.55 bits per heavy atom. The number of carbonyl (C=O) groups is 1. The third-order valence-electron chi connectivity index (χ3n) is 5.88. The molecule has 2 heterocycles. The maximum atomic E-state index is 14.4. The van der Waals surface area contributed by atoms with E-state index in [1.807, 2.05) is 0 Å². The number of carbonyl (C=O) groups excluding carboxylic acids is 1. The van der Waals surface area contributed by atoms with Gasteiger partial charge < -0.3 is 14.7 Å². The predicted molar refractivity (Wildman–Crippen MR) is 94.3 cm³/mol. The van der Waals surface area contributed by atoms with Gasteiger partial charge in [-0.25, -0.2) is 4.39 Å². The van der Waals surface area contributed by atoms with Crippen LogP contribution >= 0.6 is 0 Å². The minimum Gasteiger partial charge on any atom is -0.349 e. The van der Waals surface area contributed by atoms with Gasteiger partial charge >= 0.3 is 12.1 Å². The molecule has 2 fully saturated rings. The number of likely N-dealkylation sites (tertiary alicyclic amines) is 1. The molecule has 1 spiro atoms. The molecule has 6 nitrogen and oxygen atoms in total. The van der Waals surface area contributed by atoms with E-state index in [-0.39, 0.29) is 17.2 Å². The molecule has 0 unspecified atom stereocenters. The quantitative estimate of drug-likeness (QED) is 0.782. The summed E-state index contributed by atoms with van der Waals surface area (Å²) in [7, 11) is 2.10. The fourth-order valence-electron chi connectivity index (χ4n) is 4.14. The van der Waals surface area contributed by atoms with Crippen molar-refractivity contribution in [3.8, 4) is 11.4 Å². The van der Waals surface area contributed by atoms with Crippen LogP contribution in [0.5, 0.6) is 0 Å². The third kappa shape index (κ3) is 3.98. The Balaban J connectivity index is 1.39. The minimum absolute atomic E-state index is 0.0557.